The van der Waals surface area contributed by atoms with Crippen LogP contribution < -0.4 is 0 Å². The second kappa shape index (κ2) is 10.2. The van der Waals surface area contributed by atoms with Gasteiger partial charge in [-0.15, -0.1) is 0 Å². The molecule has 0 aliphatic heterocycles. The number of nitrogens with zero attached hydrogens (tertiary/aromatic N) is 1. The van der Waals surface area contributed by atoms with Gasteiger partial charge in [0.1, 0.15) is 0 Å². The lowest BCUT2D eigenvalue weighted by Crippen LogP contribution is -1.94. The van der Waals surface area contributed by atoms with Crippen LogP contribution in [-0.4, -0.2) is 4.57 Å². The molecule has 0 fully saturated rings. The van der Waals surface area contributed by atoms with E-state index in [1.807, 2.05) is 0 Å². The largest absolute Gasteiger partial charge is 0.309 e. The number of rotatable bonds is 3. The average Bonchev–Trinajstić information content (AvgIpc) is 3.47. The van der Waals surface area contributed by atoms with Gasteiger partial charge in [-0.25, -0.2) is 0 Å². The second-order valence-corrected chi connectivity index (χ2v) is 12.5. The highest BCUT2D eigenvalue weighted by Gasteiger charge is 2.19. The molecule has 10 aromatic rings. The van der Waals surface area contributed by atoms with E-state index in [0.29, 0.717) is 0 Å². The topological polar surface area (TPSA) is 4.93 Å². The third-order valence-corrected chi connectivity index (χ3v) is 9.94. The Labute approximate surface area is 272 Å². The number of hydrogen-bond acceptors (Lipinski definition) is 0. The first kappa shape index (κ1) is 26.1. The van der Waals surface area contributed by atoms with E-state index in [4.69, 9.17) is 0 Å². The van der Waals surface area contributed by atoms with Gasteiger partial charge >= 0.3 is 0 Å². The number of hydrogen-bond donors (Lipinski definition) is 0. The maximum absolute atomic E-state index is 2.42. The number of benzene rings is 9. The first-order valence-corrected chi connectivity index (χ1v) is 16.3. The van der Waals surface area contributed by atoms with Gasteiger partial charge < -0.3 is 4.57 Å². The fraction of sp³-hybridized carbons (Fsp3) is 0. The average molecular weight is 596 g/mol. The maximum Gasteiger partial charge on any atom is 0.0541 e. The minimum atomic E-state index is 1.18. The SMILES string of the molecule is c1ccc2cc(-n3c4ccccc4c4cc(-c5c6ccccc6c(-c6cccc7ccccc67)c6ccccc56)ccc43)ccc2c1. The summed E-state index contributed by atoms with van der Waals surface area (Å²) in [5, 5.41) is 12.7. The molecule has 1 heteroatoms. The van der Waals surface area contributed by atoms with Crippen LogP contribution in [0.5, 0.6) is 0 Å². The maximum atomic E-state index is 2.42. The molecular weight excluding hydrogens is 567 g/mol. The van der Waals surface area contributed by atoms with Gasteiger partial charge in [0.25, 0.3) is 0 Å². The van der Waals surface area contributed by atoms with Gasteiger partial charge in [0, 0.05) is 16.5 Å². The summed E-state index contributed by atoms with van der Waals surface area (Å²) in [6, 6.07) is 64.6. The molecule has 1 nitrogen and oxygen atoms in total. The van der Waals surface area contributed by atoms with Crippen LogP contribution in [-0.2, 0) is 0 Å². The Morgan fingerprint density at radius 1 is 0.298 bits per heavy atom. The first-order valence-electron chi connectivity index (χ1n) is 16.3. The summed E-state index contributed by atoms with van der Waals surface area (Å²) in [7, 11) is 0. The van der Waals surface area contributed by atoms with Gasteiger partial charge in [-0.05, 0) is 95.7 Å². The Balaban J connectivity index is 1.27. The normalized spacial score (nSPS) is 11.8. The summed E-state index contributed by atoms with van der Waals surface area (Å²) in [4.78, 5) is 0. The van der Waals surface area contributed by atoms with Crippen LogP contribution in [0, 0.1) is 0 Å². The van der Waals surface area contributed by atoms with E-state index in [0.717, 1.165) is 0 Å². The van der Waals surface area contributed by atoms with E-state index < -0.39 is 0 Å². The fourth-order valence-corrected chi connectivity index (χ4v) is 7.90. The van der Waals surface area contributed by atoms with Crippen LogP contribution in [0.2, 0.25) is 0 Å². The Morgan fingerprint density at radius 2 is 0.851 bits per heavy atom. The standard InChI is InChI=1S/C46H29N/c1-2-14-32-28-34(26-24-30(32)12-1)47-43-23-10-9-17-36(43)42-29-33(25-27-44(42)47)45-38-18-5-7-20-40(38)46(41-21-8-6-19-39(41)45)37-22-11-15-31-13-3-4-16-35(31)37/h1-29H. The zero-order chi connectivity index (χ0) is 30.9. The zero-order valence-electron chi connectivity index (χ0n) is 25.7. The van der Waals surface area contributed by atoms with Crippen molar-refractivity contribution in [3.8, 4) is 27.9 Å². The molecule has 9 aromatic carbocycles. The van der Waals surface area contributed by atoms with E-state index >= 15 is 0 Å². The molecule has 0 N–H and O–H groups in total. The first-order chi connectivity index (χ1) is 23.3. The molecule has 1 aromatic heterocycles. The summed E-state index contributed by atoms with van der Waals surface area (Å²) in [5.41, 5.74) is 8.70. The molecule has 0 atom stereocenters. The Bertz CT molecular complexity index is 2790. The summed E-state index contributed by atoms with van der Waals surface area (Å²) in [5.74, 6) is 0. The summed E-state index contributed by atoms with van der Waals surface area (Å²) < 4.78 is 2.42. The smallest absolute Gasteiger partial charge is 0.0541 e. The van der Waals surface area contributed by atoms with Crippen molar-refractivity contribution < 1.29 is 0 Å². The molecule has 1 heterocycles. The van der Waals surface area contributed by atoms with Crippen molar-refractivity contribution in [3.05, 3.63) is 176 Å². The summed E-state index contributed by atoms with van der Waals surface area (Å²) in [6.07, 6.45) is 0. The minimum Gasteiger partial charge on any atom is -0.309 e. The number of para-hydroxylation sites is 1. The van der Waals surface area contributed by atoms with Crippen LogP contribution in [0.4, 0.5) is 0 Å². The van der Waals surface area contributed by atoms with Crippen LogP contribution in [0.25, 0.3) is 92.8 Å². The second-order valence-electron chi connectivity index (χ2n) is 12.5. The van der Waals surface area contributed by atoms with Crippen LogP contribution >= 0.6 is 0 Å². The van der Waals surface area contributed by atoms with Crippen molar-refractivity contribution in [1.82, 2.24) is 4.57 Å². The summed E-state index contributed by atoms with van der Waals surface area (Å²) >= 11 is 0. The number of fused-ring (bicyclic) bond motifs is 7. The molecule has 0 saturated carbocycles. The highest BCUT2D eigenvalue weighted by molar-refractivity contribution is 6.24. The van der Waals surface area contributed by atoms with Gasteiger partial charge in [0.2, 0.25) is 0 Å². The van der Waals surface area contributed by atoms with Gasteiger partial charge in [-0.2, -0.15) is 0 Å². The van der Waals surface area contributed by atoms with Gasteiger partial charge in [-0.3, -0.25) is 0 Å². The van der Waals surface area contributed by atoms with Crippen molar-refractivity contribution >= 4 is 64.9 Å². The molecule has 0 saturated heterocycles. The molecule has 0 radical (unpaired) electrons. The predicted molar refractivity (Wildman–Crippen MR) is 202 cm³/mol. The fourth-order valence-electron chi connectivity index (χ4n) is 7.90. The monoisotopic (exact) mass is 595 g/mol. The molecule has 47 heavy (non-hydrogen) atoms. The summed E-state index contributed by atoms with van der Waals surface area (Å²) in [6.45, 7) is 0. The quantitative estimate of drug-likeness (QED) is 0.179. The minimum absolute atomic E-state index is 1.18. The van der Waals surface area contributed by atoms with Crippen molar-refractivity contribution in [2.24, 2.45) is 0 Å². The third-order valence-electron chi connectivity index (χ3n) is 9.94. The molecule has 218 valence electrons. The van der Waals surface area contributed by atoms with E-state index in [-0.39, 0.29) is 0 Å². The van der Waals surface area contributed by atoms with Crippen molar-refractivity contribution in [2.75, 3.05) is 0 Å². The highest BCUT2D eigenvalue weighted by Crippen LogP contribution is 2.46. The lowest BCUT2D eigenvalue weighted by molar-refractivity contribution is 1.19. The van der Waals surface area contributed by atoms with Crippen LogP contribution in [0.15, 0.2) is 176 Å². The van der Waals surface area contributed by atoms with Crippen molar-refractivity contribution in [1.29, 1.82) is 0 Å². The Morgan fingerprint density at radius 3 is 1.60 bits per heavy atom. The third kappa shape index (κ3) is 3.90. The van der Waals surface area contributed by atoms with E-state index in [1.165, 1.54) is 92.8 Å². The Hall–Kier alpha value is -6.18. The molecular formula is C46H29N. The predicted octanol–water partition coefficient (Wildman–Crippen LogP) is 12.7. The molecule has 0 spiro atoms. The van der Waals surface area contributed by atoms with E-state index in [1.54, 1.807) is 0 Å². The molecule has 10 rings (SSSR count). The highest BCUT2D eigenvalue weighted by atomic mass is 15.0. The lowest BCUT2D eigenvalue weighted by Gasteiger charge is -2.19. The van der Waals surface area contributed by atoms with Crippen LogP contribution in [0.3, 0.4) is 0 Å². The molecule has 0 bridgehead atoms. The van der Waals surface area contributed by atoms with Gasteiger partial charge in [0.05, 0.1) is 11.0 Å². The van der Waals surface area contributed by atoms with E-state index in [2.05, 4.69) is 180 Å². The zero-order valence-corrected chi connectivity index (χ0v) is 25.7. The number of aromatic nitrogens is 1. The molecule has 0 unspecified atom stereocenters. The van der Waals surface area contributed by atoms with Crippen LogP contribution in [0.1, 0.15) is 0 Å². The molecule has 0 amide bonds. The van der Waals surface area contributed by atoms with Gasteiger partial charge in [0.15, 0.2) is 0 Å². The van der Waals surface area contributed by atoms with Crippen molar-refractivity contribution in [2.45, 2.75) is 0 Å². The molecule has 0 aliphatic rings. The van der Waals surface area contributed by atoms with E-state index in [9.17, 15) is 0 Å². The van der Waals surface area contributed by atoms with Crippen molar-refractivity contribution in [3.63, 3.8) is 0 Å². The molecule has 0 aliphatic carbocycles. The van der Waals surface area contributed by atoms with Gasteiger partial charge in [-0.1, -0.05) is 146 Å². The Kier molecular flexibility index (Phi) is 5.64. The lowest BCUT2D eigenvalue weighted by atomic mass is 9.84.